The number of rotatable bonds is 6. The highest BCUT2D eigenvalue weighted by molar-refractivity contribution is 5.84. The van der Waals surface area contributed by atoms with Crippen molar-refractivity contribution in [3.63, 3.8) is 0 Å². The third-order valence-electron chi connectivity index (χ3n) is 5.40. The number of imidazole rings is 1. The van der Waals surface area contributed by atoms with Crippen molar-refractivity contribution in [2.24, 2.45) is 0 Å². The fraction of sp³-hybridized carbons (Fsp3) is 0.318. The molecule has 0 aliphatic carbocycles. The number of pyridine rings is 1. The molecule has 0 atom stereocenters. The minimum absolute atomic E-state index is 0.0216. The summed E-state index contributed by atoms with van der Waals surface area (Å²) in [7, 11) is 2.97. The van der Waals surface area contributed by atoms with Crippen molar-refractivity contribution < 1.29 is 23.0 Å². The van der Waals surface area contributed by atoms with Crippen LogP contribution >= 0.6 is 0 Å². The van der Waals surface area contributed by atoms with Gasteiger partial charge in [-0.3, -0.25) is 4.57 Å². The summed E-state index contributed by atoms with van der Waals surface area (Å²) in [5, 5.41) is 0. The van der Waals surface area contributed by atoms with E-state index in [2.05, 4.69) is 24.9 Å². The second kappa shape index (κ2) is 9.14. The maximum atomic E-state index is 14.1. The summed E-state index contributed by atoms with van der Waals surface area (Å²) in [4.78, 5) is 23.9. The number of anilines is 1. The summed E-state index contributed by atoms with van der Waals surface area (Å²) in [5.74, 6) is 0.921. The first-order valence-electron chi connectivity index (χ1n) is 10.5. The molecule has 0 bridgehead atoms. The molecule has 3 aromatic heterocycles. The van der Waals surface area contributed by atoms with Gasteiger partial charge >= 0.3 is 0 Å². The number of alkyl halides is 2. The van der Waals surface area contributed by atoms with Crippen LogP contribution in [0.5, 0.6) is 11.6 Å². The molecule has 0 N–H and O–H groups in total. The van der Waals surface area contributed by atoms with Crippen LogP contribution in [0, 0.1) is 0 Å². The zero-order valence-electron chi connectivity index (χ0n) is 18.5. The van der Waals surface area contributed by atoms with Crippen molar-refractivity contribution >= 4 is 17.0 Å². The topological polar surface area (TPSA) is 100 Å². The summed E-state index contributed by atoms with van der Waals surface area (Å²) >= 11 is 0. The summed E-state index contributed by atoms with van der Waals surface area (Å²) in [5.41, 5.74) is 1.29. The molecule has 10 nitrogen and oxygen atoms in total. The van der Waals surface area contributed by atoms with E-state index in [-0.39, 0.29) is 11.8 Å². The third-order valence-corrected chi connectivity index (χ3v) is 5.40. The second-order valence-corrected chi connectivity index (χ2v) is 7.38. The zero-order chi connectivity index (χ0) is 23.7. The van der Waals surface area contributed by atoms with Gasteiger partial charge in [-0.25, -0.2) is 18.7 Å². The molecule has 1 aromatic carbocycles. The Balaban J connectivity index is 1.75. The molecule has 1 fully saturated rings. The van der Waals surface area contributed by atoms with Crippen molar-refractivity contribution in [2.75, 3.05) is 45.4 Å². The second-order valence-electron chi connectivity index (χ2n) is 7.38. The molecular weight excluding hydrogens is 448 g/mol. The van der Waals surface area contributed by atoms with Gasteiger partial charge in [0, 0.05) is 30.9 Å². The minimum Gasteiger partial charge on any atom is -0.494 e. The van der Waals surface area contributed by atoms with Gasteiger partial charge in [-0.1, -0.05) is 6.07 Å². The van der Waals surface area contributed by atoms with Gasteiger partial charge in [-0.2, -0.15) is 15.0 Å². The van der Waals surface area contributed by atoms with Gasteiger partial charge in [0.15, 0.2) is 11.6 Å². The van der Waals surface area contributed by atoms with E-state index in [0.717, 1.165) is 0 Å². The number of methoxy groups -OCH3 is 2. The van der Waals surface area contributed by atoms with E-state index in [0.29, 0.717) is 60.5 Å². The van der Waals surface area contributed by atoms with Gasteiger partial charge in [0.25, 0.3) is 6.43 Å². The highest BCUT2D eigenvalue weighted by Crippen LogP contribution is 2.32. The summed E-state index contributed by atoms with van der Waals surface area (Å²) in [6, 6.07) is 8.42. The first-order chi connectivity index (χ1) is 16.6. The van der Waals surface area contributed by atoms with Crippen LogP contribution in [0.1, 0.15) is 12.2 Å². The maximum absolute atomic E-state index is 14.1. The molecule has 1 aliphatic rings. The van der Waals surface area contributed by atoms with E-state index in [9.17, 15) is 8.78 Å². The van der Waals surface area contributed by atoms with Crippen LogP contribution in [0.25, 0.3) is 28.4 Å². The Kier molecular flexibility index (Phi) is 5.88. The van der Waals surface area contributed by atoms with Crippen LogP contribution in [0.2, 0.25) is 0 Å². The quantitative estimate of drug-likeness (QED) is 0.422. The molecule has 0 saturated carbocycles. The molecule has 0 spiro atoms. The molecule has 0 radical (unpaired) electrons. The Hall–Kier alpha value is -3.93. The van der Waals surface area contributed by atoms with Crippen LogP contribution in [0.15, 0.2) is 36.5 Å². The third kappa shape index (κ3) is 3.96. The summed E-state index contributed by atoms with van der Waals surface area (Å²) in [6.45, 7) is 2.13. The summed E-state index contributed by atoms with van der Waals surface area (Å²) in [6.07, 6.45) is -1.31. The fourth-order valence-electron chi connectivity index (χ4n) is 3.76. The Labute approximate surface area is 193 Å². The maximum Gasteiger partial charge on any atom is 0.296 e. The Bertz CT molecular complexity index is 1330. The molecule has 0 amide bonds. The zero-order valence-corrected chi connectivity index (χ0v) is 18.5. The number of ether oxygens (including phenoxy) is 3. The van der Waals surface area contributed by atoms with Crippen LogP contribution in [-0.4, -0.2) is 70.0 Å². The normalized spacial score (nSPS) is 14.1. The predicted molar refractivity (Wildman–Crippen MR) is 119 cm³/mol. The van der Waals surface area contributed by atoms with Gasteiger partial charge in [-0.05, 0) is 18.2 Å². The van der Waals surface area contributed by atoms with Gasteiger partial charge < -0.3 is 19.1 Å². The number of fused-ring (bicyclic) bond motifs is 1. The average Bonchev–Trinajstić information content (AvgIpc) is 3.29. The Morgan fingerprint density at radius 2 is 1.76 bits per heavy atom. The number of para-hydroxylation sites is 1. The van der Waals surface area contributed by atoms with Crippen molar-refractivity contribution in [1.29, 1.82) is 0 Å². The van der Waals surface area contributed by atoms with E-state index < -0.39 is 12.2 Å². The lowest BCUT2D eigenvalue weighted by Gasteiger charge is -2.27. The minimum atomic E-state index is -2.87. The van der Waals surface area contributed by atoms with E-state index in [1.165, 1.54) is 18.8 Å². The van der Waals surface area contributed by atoms with Crippen molar-refractivity contribution in [3.05, 3.63) is 42.4 Å². The number of aromatic nitrogens is 6. The van der Waals surface area contributed by atoms with Crippen LogP contribution < -0.4 is 14.4 Å². The standard InChI is InChI=1S/C22H21F2N7O3/c1-32-15-5-3-4-14-17(15)26-20(18(23)24)31(14)22-28-19(13-6-7-25-16(12-13)33-2)27-21(29-22)30-8-10-34-11-9-30/h3-7,12,18H,8-11H2,1-2H3. The smallest absolute Gasteiger partial charge is 0.296 e. The number of benzene rings is 1. The largest absolute Gasteiger partial charge is 0.494 e. The van der Waals surface area contributed by atoms with Crippen LogP contribution in [0.4, 0.5) is 14.7 Å². The van der Waals surface area contributed by atoms with Gasteiger partial charge in [0.1, 0.15) is 11.3 Å². The molecule has 4 heterocycles. The molecule has 1 saturated heterocycles. The lowest BCUT2D eigenvalue weighted by atomic mass is 10.2. The number of nitrogens with zero attached hydrogens (tertiary/aromatic N) is 7. The number of morpholine rings is 1. The molecular formula is C22H21F2N7O3. The highest BCUT2D eigenvalue weighted by Gasteiger charge is 2.26. The first-order valence-corrected chi connectivity index (χ1v) is 10.5. The number of hydrogen-bond acceptors (Lipinski definition) is 9. The lowest BCUT2D eigenvalue weighted by Crippen LogP contribution is -2.37. The lowest BCUT2D eigenvalue weighted by molar-refractivity contribution is 0.122. The van der Waals surface area contributed by atoms with E-state index >= 15 is 0 Å². The molecule has 4 aromatic rings. The predicted octanol–water partition coefficient (Wildman–Crippen LogP) is 3.06. The van der Waals surface area contributed by atoms with Crippen LogP contribution in [-0.2, 0) is 4.74 Å². The first kappa shape index (κ1) is 21.9. The van der Waals surface area contributed by atoms with E-state index in [1.54, 1.807) is 36.5 Å². The van der Waals surface area contributed by atoms with Crippen molar-refractivity contribution in [2.45, 2.75) is 6.43 Å². The number of hydrogen-bond donors (Lipinski definition) is 0. The van der Waals surface area contributed by atoms with Crippen LogP contribution in [0.3, 0.4) is 0 Å². The average molecular weight is 469 g/mol. The molecule has 176 valence electrons. The van der Waals surface area contributed by atoms with Crippen molar-refractivity contribution in [1.82, 2.24) is 29.5 Å². The number of halogens is 2. The van der Waals surface area contributed by atoms with E-state index in [1.807, 2.05) is 4.90 Å². The molecule has 34 heavy (non-hydrogen) atoms. The molecule has 0 unspecified atom stereocenters. The Morgan fingerprint density at radius 1 is 0.971 bits per heavy atom. The van der Waals surface area contributed by atoms with Gasteiger partial charge in [0.2, 0.25) is 17.8 Å². The Morgan fingerprint density at radius 3 is 2.50 bits per heavy atom. The monoisotopic (exact) mass is 469 g/mol. The van der Waals surface area contributed by atoms with Gasteiger partial charge in [0.05, 0.1) is 33.0 Å². The molecule has 12 heteroatoms. The SMILES string of the molecule is COc1cc(-c2nc(N3CCOCC3)nc(-n3c(C(F)F)nc4c(OC)cccc43)n2)ccn1. The highest BCUT2D eigenvalue weighted by atomic mass is 19.3. The van der Waals surface area contributed by atoms with Crippen molar-refractivity contribution in [3.8, 4) is 29.0 Å². The van der Waals surface area contributed by atoms with E-state index in [4.69, 9.17) is 14.2 Å². The molecule has 5 rings (SSSR count). The molecule has 1 aliphatic heterocycles. The fourth-order valence-corrected chi connectivity index (χ4v) is 3.76. The summed E-state index contributed by atoms with van der Waals surface area (Å²) < 4.78 is 45.5. The van der Waals surface area contributed by atoms with Gasteiger partial charge in [-0.15, -0.1) is 0 Å².